The lowest BCUT2D eigenvalue weighted by Crippen LogP contribution is -2.12. The summed E-state index contributed by atoms with van der Waals surface area (Å²) < 4.78 is 5.76. The molecule has 1 heterocycles. The lowest BCUT2D eigenvalue weighted by molar-refractivity contribution is -0.116. The molecule has 2 aromatic carbocycles. The van der Waals surface area contributed by atoms with E-state index in [-0.39, 0.29) is 5.91 Å². The number of carbonyl (C=O) groups excluding carboxylic acids is 1. The maximum Gasteiger partial charge on any atom is 0.226 e. The molecule has 1 N–H and O–H groups in total. The first-order chi connectivity index (χ1) is 13.0. The zero-order chi connectivity index (χ0) is 19.2. The number of anilines is 1. The van der Waals surface area contributed by atoms with Gasteiger partial charge in [0.05, 0.1) is 12.3 Å². The zero-order valence-electron chi connectivity index (χ0n) is 15.3. The van der Waals surface area contributed by atoms with E-state index in [1.807, 2.05) is 48.7 Å². The normalized spacial score (nSPS) is 10.6. The fourth-order valence-electron chi connectivity index (χ4n) is 2.64. The first kappa shape index (κ1) is 19.4. The Hall–Kier alpha value is -2.37. The van der Waals surface area contributed by atoms with Crippen molar-refractivity contribution in [2.45, 2.75) is 26.7 Å². The Balaban J connectivity index is 1.45. The number of carbonyl (C=O) groups is 1. The summed E-state index contributed by atoms with van der Waals surface area (Å²) >= 11 is 7.31. The van der Waals surface area contributed by atoms with E-state index in [1.165, 1.54) is 16.9 Å². The van der Waals surface area contributed by atoms with Gasteiger partial charge in [-0.25, -0.2) is 4.98 Å². The average molecular weight is 401 g/mol. The van der Waals surface area contributed by atoms with Gasteiger partial charge in [-0.1, -0.05) is 41.4 Å². The summed E-state index contributed by atoms with van der Waals surface area (Å²) in [6, 6.07) is 13.5. The van der Waals surface area contributed by atoms with Crippen LogP contribution < -0.4 is 10.1 Å². The van der Waals surface area contributed by atoms with Crippen molar-refractivity contribution in [3.8, 4) is 17.0 Å². The number of rotatable bonds is 7. The minimum absolute atomic E-state index is 0.0590. The number of halogens is 1. The van der Waals surface area contributed by atoms with Crippen LogP contribution in [-0.4, -0.2) is 17.5 Å². The van der Waals surface area contributed by atoms with Crippen molar-refractivity contribution in [3.63, 3.8) is 0 Å². The molecule has 140 valence electrons. The third-order valence-electron chi connectivity index (χ3n) is 4.03. The van der Waals surface area contributed by atoms with Crippen molar-refractivity contribution < 1.29 is 9.53 Å². The first-order valence-corrected chi connectivity index (χ1v) is 9.98. The number of thiazole rings is 1. The van der Waals surface area contributed by atoms with E-state index in [1.54, 1.807) is 0 Å². The van der Waals surface area contributed by atoms with Gasteiger partial charge in [-0.3, -0.25) is 4.79 Å². The summed E-state index contributed by atoms with van der Waals surface area (Å²) in [5, 5.41) is 6.05. The molecule has 1 aromatic heterocycles. The molecule has 0 saturated heterocycles. The van der Waals surface area contributed by atoms with Gasteiger partial charge < -0.3 is 10.1 Å². The monoisotopic (exact) mass is 400 g/mol. The lowest BCUT2D eigenvalue weighted by atomic mass is 10.1. The average Bonchev–Trinajstić information content (AvgIpc) is 3.09. The van der Waals surface area contributed by atoms with E-state index >= 15 is 0 Å². The van der Waals surface area contributed by atoms with E-state index in [0.717, 1.165) is 22.6 Å². The van der Waals surface area contributed by atoms with E-state index in [4.69, 9.17) is 16.3 Å². The van der Waals surface area contributed by atoms with Gasteiger partial charge in [0.1, 0.15) is 5.75 Å². The van der Waals surface area contributed by atoms with Crippen LogP contribution in [0.5, 0.6) is 5.75 Å². The van der Waals surface area contributed by atoms with Crippen molar-refractivity contribution in [1.82, 2.24) is 4.98 Å². The van der Waals surface area contributed by atoms with Gasteiger partial charge in [0.25, 0.3) is 0 Å². The summed E-state index contributed by atoms with van der Waals surface area (Å²) in [4.78, 5) is 16.6. The standard InChI is InChI=1S/C21H21ClN2O2S/c1-14-5-10-19(15(2)12-14)26-11-3-4-20(25)24-21-23-18(13-27-21)16-6-8-17(22)9-7-16/h5-10,12-13H,3-4,11H2,1-2H3,(H,23,24,25). The third-order valence-corrected chi connectivity index (χ3v) is 5.04. The van der Waals surface area contributed by atoms with Crippen LogP contribution >= 0.6 is 22.9 Å². The Kier molecular flexibility index (Phi) is 6.48. The molecule has 3 rings (SSSR count). The predicted molar refractivity (Wildman–Crippen MR) is 112 cm³/mol. The maximum atomic E-state index is 12.1. The molecule has 0 saturated carbocycles. The molecule has 0 aliphatic carbocycles. The molecule has 0 radical (unpaired) electrons. The molecule has 0 unspecified atom stereocenters. The van der Waals surface area contributed by atoms with Crippen molar-refractivity contribution in [2.24, 2.45) is 0 Å². The fourth-order valence-corrected chi connectivity index (χ4v) is 3.50. The molecule has 4 nitrogen and oxygen atoms in total. The van der Waals surface area contributed by atoms with Crippen molar-refractivity contribution in [3.05, 3.63) is 64.0 Å². The Morgan fingerprint density at radius 3 is 2.70 bits per heavy atom. The number of aromatic nitrogens is 1. The molecule has 6 heteroatoms. The van der Waals surface area contributed by atoms with Gasteiger partial charge in [0.2, 0.25) is 5.91 Å². The Morgan fingerprint density at radius 2 is 1.96 bits per heavy atom. The molecular formula is C21H21ClN2O2S. The van der Waals surface area contributed by atoms with E-state index in [2.05, 4.69) is 23.3 Å². The molecule has 0 aliphatic rings. The number of nitrogens with zero attached hydrogens (tertiary/aromatic N) is 1. The van der Waals surface area contributed by atoms with Gasteiger partial charge in [-0.2, -0.15) is 0 Å². The van der Waals surface area contributed by atoms with Crippen molar-refractivity contribution in [1.29, 1.82) is 0 Å². The summed E-state index contributed by atoms with van der Waals surface area (Å²) in [5.74, 6) is 0.810. The second-order valence-corrected chi connectivity index (χ2v) is 7.61. The van der Waals surface area contributed by atoms with Crippen LogP contribution in [0.15, 0.2) is 47.8 Å². The largest absolute Gasteiger partial charge is 0.493 e. The van der Waals surface area contributed by atoms with Crippen LogP contribution in [0.25, 0.3) is 11.3 Å². The highest BCUT2D eigenvalue weighted by Gasteiger charge is 2.08. The van der Waals surface area contributed by atoms with Gasteiger partial charge in [-0.15, -0.1) is 11.3 Å². The highest BCUT2D eigenvalue weighted by Crippen LogP contribution is 2.26. The Bertz CT molecular complexity index is 922. The fraction of sp³-hybridized carbons (Fsp3) is 0.238. The van der Waals surface area contributed by atoms with Crippen LogP contribution in [0, 0.1) is 13.8 Å². The molecule has 0 bridgehead atoms. The molecule has 0 atom stereocenters. The summed E-state index contributed by atoms with van der Waals surface area (Å²) in [5.41, 5.74) is 4.11. The van der Waals surface area contributed by atoms with Crippen LogP contribution in [-0.2, 0) is 4.79 Å². The number of benzene rings is 2. The molecule has 0 spiro atoms. The van der Waals surface area contributed by atoms with Crippen LogP contribution in [0.3, 0.4) is 0 Å². The second-order valence-electron chi connectivity index (χ2n) is 6.31. The predicted octanol–water partition coefficient (Wildman–Crippen LogP) is 5.88. The summed E-state index contributed by atoms with van der Waals surface area (Å²) in [6.07, 6.45) is 1.04. The Morgan fingerprint density at radius 1 is 1.19 bits per heavy atom. The van der Waals surface area contributed by atoms with Crippen LogP contribution in [0.4, 0.5) is 5.13 Å². The number of hydrogen-bond acceptors (Lipinski definition) is 4. The van der Waals surface area contributed by atoms with Gasteiger partial charge >= 0.3 is 0 Å². The number of aryl methyl sites for hydroxylation is 2. The minimum Gasteiger partial charge on any atom is -0.493 e. The third kappa shape index (κ3) is 5.55. The van der Waals surface area contributed by atoms with Crippen molar-refractivity contribution in [2.75, 3.05) is 11.9 Å². The van der Waals surface area contributed by atoms with Gasteiger partial charge in [0, 0.05) is 22.4 Å². The SMILES string of the molecule is Cc1ccc(OCCCC(=O)Nc2nc(-c3ccc(Cl)cc3)cs2)c(C)c1. The van der Waals surface area contributed by atoms with Gasteiger partial charge in [0.15, 0.2) is 5.13 Å². The topological polar surface area (TPSA) is 51.2 Å². The first-order valence-electron chi connectivity index (χ1n) is 8.72. The summed E-state index contributed by atoms with van der Waals surface area (Å²) in [6.45, 7) is 4.58. The quantitative estimate of drug-likeness (QED) is 0.504. The van der Waals surface area contributed by atoms with E-state index < -0.39 is 0 Å². The van der Waals surface area contributed by atoms with E-state index in [0.29, 0.717) is 29.6 Å². The van der Waals surface area contributed by atoms with Crippen LogP contribution in [0.2, 0.25) is 5.02 Å². The number of hydrogen-bond donors (Lipinski definition) is 1. The highest BCUT2D eigenvalue weighted by molar-refractivity contribution is 7.14. The molecule has 1 amide bonds. The number of nitrogens with one attached hydrogen (secondary N) is 1. The number of ether oxygens (including phenoxy) is 1. The molecule has 27 heavy (non-hydrogen) atoms. The highest BCUT2D eigenvalue weighted by atomic mass is 35.5. The second kappa shape index (κ2) is 9.02. The summed E-state index contributed by atoms with van der Waals surface area (Å²) in [7, 11) is 0. The lowest BCUT2D eigenvalue weighted by Gasteiger charge is -2.09. The van der Waals surface area contributed by atoms with Crippen molar-refractivity contribution >= 4 is 34.0 Å². The number of amides is 1. The molecule has 0 aliphatic heterocycles. The zero-order valence-corrected chi connectivity index (χ0v) is 16.9. The molecule has 3 aromatic rings. The smallest absolute Gasteiger partial charge is 0.226 e. The maximum absolute atomic E-state index is 12.1. The van der Waals surface area contributed by atoms with E-state index in [9.17, 15) is 4.79 Å². The van der Waals surface area contributed by atoms with Crippen LogP contribution in [0.1, 0.15) is 24.0 Å². The van der Waals surface area contributed by atoms with Gasteiger partial charge in [-0.05, 0) is 44.0 Å². The molecular weight excluding hydrogens is 380 g/mol. The molecule has 0 fully saturated rings. The minimum atomic E-state index is -0.0590. The Labute approximate surface area is 168 Å².